The molecule has 0 radical (unpaired) electrons. The van der Waals surface area contributed by atoms with Gasteiger partial charge in [0, 0.05) is 18.7 Å². The number of nitrogens with zero attached hydrogens (tertiary/aromatic N) is 1. The first-order chi connectivity index (χ1) is 10.1. The molecule has 6 nitrogen and oxygen atoms in total. The number of hydrogen-bond acceptors (Lipinski definition) is 5. The third kappa shape index (κ3) is 2.97. The highest BCUT2D eigenvalue weighted by Crippen LogP contribution is 2.35. The van der Waals surface area contributed by atoms with Crippen molar-refractivity contribution in [2.24, 2.45) is 0 Å². The Labute approximate surface area is 123 Å². The Balaban J connectivity index is 1.65. The van der Waals surface area contributed by atoms with Crippen LogP contribution in [0.5, 0.6) is 0 Å². The highest BCUT2D eigenvalue weighted by molar-refractivity contribution is 7.89. The third-order valence-corrected chi connectivity index (χ3v) is 5.74. The van der Waals surface area contributed by atoms with Gasteiger partial charge < -0.3 is 14.2 Å². The predicted octanol–water partition coefficient (Wildman–Crippen LogP) is 0.546. The van der Waals surface area contributed by atoms with Gasteiger partial charge >= 0.3 is 0 Å². The minimum Gasteiger partial charge on any atom is -0.372 e. The van der Waals surface area contributed by atoms with E-state index in [1.54, 1.807) is 12.1 Å². The summed E-state index contributed by atoms with van der Waals surface area (Å²) in [6, 6.07) is 7.07. The van der Waals surface area contributed by atoms with Crippen LogP contribution in [-0.2, 0) is 24.2 Å². The smallest absolute Gasteiger partial charge is 0.243 e. The van der Waals surface area contributed by atoms with Gasteiger partial charge in [0.2, 0.25) is 10.0 Å². The molecule has 0 saturated carbocycles. The first-order valence-electron chi connectivity index (χ1n) is 7.08. The fraction of sp³-hybridized carbons (Fsp3) is 0.571. The zero-order chi connectivity index (χ0) is 14.4. The molecule has 0 aliphatic carbocycles. The van der Waals surface area contributed by atoms with Crippen LogP contribution in [0.4, 0.5) is 0 Å². The van der Waals surface area contributed by atoms with Gasteiger partial charge in [-0.2, -0.15) is 4.31 Å². The second-order valence-electron chi connectivity index (χ2n) is 5.59. The fourth-order valence-electron chi connectivity index (χ4n) is 2.42. The highest BCUT2D eigenvalue weighted by Gasteiger charge is 2.39. The lowest BCUT2D eigenvalue weighted by atomic mass is 10.2. The molecule has 3 aliphatic heterocycles. The Bertz CT molecular complexity index is 621. The fourth-order valence-corrected chi connectivity index (χ4v) is 4.17. The van der Waals surface area contributed by atoms with E-state index in [1.807, 2.05) is 12.1 Å². The van der Waals surface area contributed by atoms with E-state index in [1.165, 1.54) is 4.31 Å². The van der Waals surface area contributed by atoms with Crippen LogP contribution in [-0.4, -0.2) is 57.8 Å². The summed E-state index contributed by atoms with van der Waals surface area (Å²) in [5.41, 5.74) is 0.746. The molecule has 0 spiro atoms. The quantitative estimate of drug-likeness (QED) is 0.687. The van der Waals surface area contributed by atoms with Gasteiger partial charge in [-0.25, -0.2) is 8.42 Å². The molecule has 4 rings (SSSR count). The Morgan fingerprint density at radius 3 is 2.10 bits per heavy atom. The summed E-state index contributed by atoms with van der Waals surface area (Å²) in [7, 11) is -3.55. The number of rotatable bonds is 7. The van der Waals surface area contributed by atoms with Crippen molar-refractivity contribution >= 4 is 10.0 Å². The summed E-state index contributed by atoms with van der Waals surface area (Å²) in [5, 5.41) is 0. The zero-order valence-electron chi connectivity index (χ0n) is 11.5. The van der Waals surface area contributed by atoms with E-state index in [9.17, 15) is 8.42 Å². The van der Waals surface area contributed by atoms with E-state index in [0.29, 0.717) is 37.8 Å². The number of hydrogen-bond donors (Lipinski definition) is 0. The molecule has 0 amide bonds. The van der Waals surface area contributed by atoms with E-state index in [4.69, 9.17) is 14.2 Å². The lowest BCUT2D eigenvalue weighted by molar-refractivity contribution is 0.303. The maximum Gasteiger partial charge on any atom is 0.243 e. The van der Waals surface area contributed by atoms with E-state index >= 15 is 0 Å². The van der Waals surface area contributed by atoms with Crippen molar-refractivity contribution in [2.75, 3.05) is 32.9 Å². The minimum atomic E-state index is -3.55. The zero-order valence-corrected chi connectivity index (χ0v) is 12.3. The van der Waals surface area contributed by atoms with Gasteiger partial charge in [-0.3, -0.25) is 0 Å². The van der Waals surface area contributed by atoms with E-state index in [0.717, 1.165) is 5.56 Å². The van der Waals surface area contributed by atoms with Gasteiger partial charge in [0.25, 0.3) is 0 Å². The molecule has 3 fully saturated rings. The minimum absolute atomic E-state index is 0.0165. The van der Waals surface area contributed by atoms with Crippen molar-refractivity contribution in [1.82, 2.24) is 4.31 Å². The second kappa shape index (κ2) is 5.03. The monoisotopic (exact) mass is 311 g/mol. The molecule has 3 saturated heterocycles. The van der Waals surface area contributed by atoms with Crippen LogP contribution < -0.4 is 0 Å². The number of benzene rings is 1. The van der Waals surface area contributed by atoms with Gasteiger partial charge in [-0.1, -0.05) is 18.2 Å². The topological polar surface area (TPSA) is 75.0 Å². The molecular weight excluding hydrogens is 294 g/mol. The Kier molecular flexibility index (Phi) is 3.27. The third-order valence-electron chi connectivity index (χ3n) is 3.84. The van der Waals surface area contributed by atoms with Crippen molar-refractivity contribution in [1.29, 1.82) is 0 Å². The molecule has 3 heterocycles. The van der Waals surface area contributed by atoms with Crippen molar-refractivity contribution in [3.63, 3.8) is 0 Å². The Morgan fingerprint density at radius 2 is 1.57 bits per heavy atom. The molecule has 0 aromatic heterocycles. The average molecular weight is 311 g/mol. The Morgan fingerprint density at radius 1 is 1.00 bits per heavy atom. The summed E-state index contributed by atoms with van der Waals surface area (Å²) in [5.74, 6) is 0. The second-order valence-corrected chi connectivity index (χ2v) is 7.50. The van der Waals surface area contributed by atoms with Crippen molar-refractivity contribution in [3.05, 3.63) is 29.8 Å². The molecule has 21 heavy (non-hydrogen) atoms. The van der Waals surface area contributed by atoms with Crippen LogP contribution in [0.2, 0.25) is 0 Å². The summed E-state index contributed by atoms with van der Waals surface area (Å²) in [6.07, 6.45) is -0.0575. The first kappa shape index (κ1) is 13.7. The molecule has 0 bridgehead atoms. The largest absolute Gasteiger partial charge is 0.372 e. The average Bonchev–Trinajstić information content (AvgIpc) is 3.33. The summed E-state index contributed by atoms with van der Waals surface area (Å²) < 4.78 is 43.1. The molecule has 114 valence electrons. The van der Waals surface area contributed by atoms with Crippen LogP contribution in [0.1, 0.15) is 11.7 Å². The normalized spacial score (nSPS) is 30.4. The van der Waals surface area contributed by atoms with E-state index in [-0.39, 0.29) is 18.3 Å². The van der Waals surface area contributed by atoms with Gasteiger partial charge in [0.15, 0.2) is 0 Å². The number of ether oxygens (including phenoxy) is 3. The lowest BCUT2D eigenvalue weighted by Crippen LogP contribution is -2.37. The van der Waals surface area contributed by atoms with E-state index in [2.05, 4.69) is 0 Å². The van der Waals surface area contributed by atoms with Crippen molar-refractivity contribution in [3.8, 4) is 0 Å². The molecule has 7 heteroatoms. The molecule has 3 aliphatic rings. The molecule has 3 atom stereocenters. The molecule has 1 aromatic rings. The summed E-state index contributed by atoms with van der Waals surface area (Å²) >= 11 is 0. The lowest BCUT2D eigenvalue weighted by Gasteiger charge is -2.22. The molecule has 0 N–H and O–H groups in total. The van der Waals surface area contributed by atoms with Crippen molar-refractivity contribution < 1.29 is 22.6 Å². The first-order valence-corrected chi connectivity index (χ1v) is 8.52. The highest BCUT2D eigenvalue weighted by atomic mass is 32.2. The SMILES string of the molecule is O=S(=O)(c1ccccc1C1CO1)N(CC1CO1)CC1CO1. The van der Waals surface area contributed by atoms with Crippen LogP contribution >= 0.6 is 0 Å². The molecular formula is C14H17NO5S. The van der Waals surface area contributed by atoms with Gasteiger partial charge in [-0.15, -0.1) is 0 Å². The summed E-state index contributed by atoms with van der Waals surface area (Å²) in [6.45, 7) is 2.63. The summed E-state index contributed by atoms with van der Waals surface area (Å²) in [4.78, 5) is 0.341. The predicted molar refractivity (Wildman–Crippen MR) is 73.4 cm³/mol. The van der Waals surface area contributed by atoms with Crippen LogP contribution in [0.15, 0.2) is 29.2 Å². The van der Waals surface area contributed by atoms with Crippen LogP contribution in [0.25, 0.3) is 0 Å². The van der Waals surface area contributed by atoms with Crippen LogP contribution in [0, 0.1) is 0 Å². The maximum absolute atomic E-state index is 13.0. The number of sulfonamides is 1. The van der Waals surface area contributed by atoms with Crippen LogP contribution in [0.3, 0.4) is 0 Å². The standard InChI is InChI=1S/C14H17NO5S/c16-21(17,14-4-2-1-3-12(14)13-9-20-13)15(5-10-7-18-10)6-11-8-19-11/h1-4,10-11,13H,5-9H2. The van der Waals surface area contributed by atoms with Gasteiger partial charge in [0.05, 0.1) is 36.9 Å². The Hall–Kier alpha value is -0.990. The van der Waals surface area contributed by atoms with E-state index < -0.39 is 10.0 Å². The maximum atomic E-state index is 13.0. The molecule has 3 unspecified atom stereocenters. The molecule has 1 aromatic carbocycles. The van der Waals surface area contributed by atoms with Crippen molar-refractivity contribution in [2.45, 2.75) is 23.2 Å². The van der Waals surface area contributed by atoms with Gasteiger partial charge in [0.1, 0.15) is 6.10 Å². The number of epoxide rings is 3. The van der Waals surface area contributed by atoms with Gasteiger partial charge in [-0.05, 0) is 6.07 Å².